The number of ether oxygens (including phenoxy) is 1. The van der Waals surface area contributed by atoms with Gasteiger partial charge in [-0.15, -0.1) is 0 Å². The van der Waals surface area contributed by atoms with Crippen LogP contribution in [0.1, 0.15) is 24.8 Å². The molecule has 120 valence electrons. The van der Waals surface area contributed by atoms with Crippen LogP contribution in [0.5, 0.6) is 5.88 Å². The van der Waals surface area contributed by atoms with Crippen molar-refractivity contribution in [3.8, 4) is 5.88 Å². The number of rotatable bonds is 3. The molecule has 3 heterocycles. The van der Waals surface area contributed by atoms with E-state index in [9.17, 15) is 9.18 Å². The van der Waals surface area contributed by atoms with E-state index in [1.807, 2.05) is 6.07 Å². The Morgan fingerprint density at radius 3 is 2.91 bits per heavy atom. The van der Waals surface area contributed by atoms with Crippen LogP contribution in [0.3, 0.4) is 0 Å². The summed E-state index contributed by atoms with van der Waals surface area (Å²) in [6.07, 6.45) is 3.48. The van der Waals surface area contributed by atoms with Crippen LogP contribution >= 0.6 is 0 Å². The number of halogens is 1. The number of anilines is 1. The van der Waals surface area contributed by atoms with Gasteiger partial charge in [-0.25, -0.2) is 9.18 Å². The van der Waals surface area contributed by atoms with Crippen LogP contribution in [0.4, 0.5) is 10.2 Å². The van der Waals surface area contributed by atoms with Crippen molar-refractivity contribution in [2.45, 2.75) is 38.5 Å². The maximum absolute atomic E-state index is 12.9. The molecule has 1 aromatic carbocycles. The Labute approximate surface area is 133 Å². The van der Waals surface area contributed by atoms with Crippen molar-refractivity contribution >= 4 is 5.82 Å². The summed E-state index contributed by atoms with van der Waals surface area (Å²) in [5, 5.41) is 0. The Kier molecular flexibility index (Phi) is 3.52. The van der Waals surface area contributed by atoms with Crippen LogP contribution < -0.4 is 15.3 Å². The Morgan fingerprint density at radius 1 is 1.26 bits per heavy atom. The van der Waals surface area contributed by atoms with Gasteiger partial charge >= 0.3 is 5.69 Å². The molecule has 1 unspecified atom stereocenters. The second-order valence-corrected chi connectivity index (χ2v) is 6.10. The first-order valence-electron chi connectivity index (χ1n) is 7.96. The highest BCUT2D eigenvalue weighted by atomic mass is 19.1. The molecule has 6 heteroatoms. The second-order valence-electron chi connectivity index (χ2n) is 6.10. The number of hydrogen-bond acceptors (Lipinski definition) is 4. The molecule has 2 aliphatic rings. The van der Waals surface area contributed by atoms with Crippen LogP contribution in [-0.2, 0) is 13.2 Å². The van der Waals surface area contributed by atoms with E-state index >= 15 is 0 Å². The summed E-state index contributed by atoms with van der Waals surface area (Å²) < 4.78 is 20.3. The maximum atomic E-state index is 12.9. The zero-order chi connectivity index (χ0) is 15.8. The zero-order valence-corrected chi connectivity index (χ0v) is 12.7. The van der Waals surface area contributed by atoms with E-state index in [0.717, 1.165) is 37.3 Å². The lowest BCUT2D eigenvalue weighted by molar-refractivity contribution is 0.291. The third-order valence-corrected chi connectivity index (χ3v) is 4.58. The first-order chi connectivity index (χ1) is 11.2. The number of hydrogen-bond donors (Lipinski definition) is 0. The van der Waals surface area contributed by atoms with Gasteiger partial charge in [0.25, 0.3) is 0 Å². The van der Waals surface area contributed by atoms with E-state index in [1.165, 1.54) is 18.6 Å². The third kappa shape index (κ3) is 2.69. The Hall–Kier alpha value is -2.37. The summed E-state index contributed by atoms with van der Waals surface area (Å²) in [6.45, 7) is 1.96. The Balaban J connectivity index is 1.55. The van der Waals surface area contributed by atoms with E-state index in [0.29, 0.717) is 11.9 Å². The van der Waals surface area contributed by atoms with Crippen LogP contribution in [0.2, 0.25) is 0 Å². The van der Waals surface area contributed by atoms with Gasteiger partial charge in [-0.1, -0.05) is 12.1 Å². The van der Waals surface area contributed by atoms with Crippen molar-refractivity contribution < 1.29 is 9.13 Å². The molecule has 23 heavy (non-hydrogen) atoms. The first kappa shape index (κ1) is 14.2. The van der Waals surface area contributed by atoms with Gasteiger partial charge in [-0.2, -0.15) is 4.98 Å². The Bertz CT molecular complexity index is 772. The standard InChI is InChI=1S/C17H18FN3O2/c18-13-6-4-12(5-7-13)11-23-15-9-16-20-8-2-1-3-14(20)10-21(16)17(22)19-15/h4-7,9,14H,1-3,8,10-11H2. The fourth-order valence-corrected chi connectivity index (χ4v) is 3.40. The summed E-state index contributed by atoms with van der Waals surface area (Å²) >= 11 is 0. The molecular formula is C17H18FN3O2. The largest absolute Gasteiger partial charge is 0.473 e. The fourth-order valence-electron chi connectivity index (χ4n) is 3.40. The van der Waals surface area contributed by atoms with Gasteiger partial charge in [0.05, 0.1) is 0 Å². The molecule has 4 rings (SSSR count). The van der Waals surface area contributed by atoms with E-state index in [1.54, 1.807) is 16.7 Å². The van der Waals surface area contributed by atoms with E-state index in [-0.39, 0.29) is 18.1 Å². The molecule has 0 radical (unpaired) electrons. The van der Waals surface area contributed by atoms with Gasteiger partial charge in [0.15, 0.2) is 0 Å². The summed E-state index contributed by atoms with van der Waals surface area (Å²) in [5.74, 6) is 0.958. The van der Waals surface area contributed by atoms with Gasteiger partial charge in [0.2, 0.25) is 5.88 Å². The summed E-state index contributed by atoms with van der Waals surface area (Å²) in [7, 11) is 0. The number of benzene rings is 1. The topological polar surface area (TPSA) is 47.4 Å². The fraction of sp³-hybridized carbons (Fsp3) is 0.412. The highest BCUT2D eigenvalue weighted by molar-refractivity contribution is 5.47. The number of aromatic nitrogens is 2. The summed E-state index contributed by atoms with van der Waals surface area (Å²) in [4.78, 5) is 18.5. The minimum absolute atomic E-state index is 0.258. The molecule has 0 spiro atoms. The van der Waals surface area contributed by atoms with Crippen molar-refractivity contribution in [2.75, 3.05) is 11.4 Å². The summed E-state index contributed by atoms with van der Waals surface area (Å²) in [5.41, 5.74) is 0.579. The van der Waals surface area contributed by atoms with Crippen LogP contribution in [-0.4, -0.2) is 22.1 Å². The van der Waals surface area contributed by atoms with Crippen LogP contribution in [0.15, 0.2) is 35.1 Å². The van der Waals surface area contributed by atoms with Crippen molar-refractivity contribution in [3.63, 3.8) is 0 Å². The van der Waals surface area contributed by atoms with E-state index in [2.05, 4.69) is 9.88 Å². The molecule has 0 bridgehead atoms. The number of fused-ring (bicyclic) bond motifs is 3. The molecule has 0 N–H and O–H groups in total. The lowest BCUT2D eigenvalue weighted by atomic mass is 10.0. The summed E-state index contributed by atoms with van der Waals surface area (Å²) in [6, 6.07) is 8.36. The zero-order valence-electron chi connectivity index (χ0n) is 12.7. The Morgan fingerprint density at radius 2 is 2.09 bits per heavy atom. The molecule has 1 fully saturated rings. The third-order valence-electron chi connectivity index (χ3n) is 4.58. The van der Waals surface area contributed by atoms with Crippen molar-refractivity contribution in [1.29, 1.82) is 0 Å². The lowest BCUT2D eigenvalue weighted by Crippen LogP contribution is -2.36. The highest BCUT2D eigenvalue weighted by Gasteiger charge is 2.32. The molecular weight excluding hydrogens is 297 g/mol. The minimum Gasteiger partial charge on any atom is -0.473 e. The maximum Gasteiger partial charge on any atom is 0.352 e. The monoisotopic (exact) mass is 315 g/mol. The van der Waals surface area contributed by atoms with Crippen molar-refractivity contribution in [2.24, 2.45) is 0 Å². The smallest absolute Gasteiger partial charge is 0.352 e. The number of piperidine rings is 1. The molecule has 2 aliphatic heterocycles. The quantitative estimate of drug-likeness (QED) is 0.872. The van der Waals surface area contributed by atoms with E-state index in [4.69, 9.17) is 4.74 Å². The SMILES string of the molecule is O=c1nc(OCc2ccc(F)cc2)cc2n1CC1CCCCN21. The van der Waals surface area contributed by atoms with Gasteiger partial charge < -0.3 is 9.64 Å². The average molecular weight is 315 g/mol. The number of nitrogens with zero attached hydrogens (tertiary/aromatic N) is 3. The highest BCUT2D eigenvalue weighted by Crippen LogP contribution is 2.32. The van der Waals surface area contributed by atoms with Crippen LogP contribution in [0, 0.1) is 5.82 Å². The molecule has 0 aliphatic carbocycles. The predicted octanol–water partition coefficient (Wildman–Crippen LogP) is 2.33. The molecule has 0 amide bonds. The van der Waals surface area contributed by atoms with Gasteiger partial charge in [0, 0.05) is 25.2 Å². The normalized spacial score (nSPS) is 19.3. The van der Waals surface area contributed by atoms with Crippen LogP contribution in [0.25, 0.3) is 0 Å². The van der Waals surface area contributed by atoms with E-state index < -0.39 is 0 Å². The predicted molar refractivity (Wildman–Crippen MR) is 84.2 cm³/mol. The first-order valence-corrected chi connectivity index (χ1v) is 7.96. The minimum atomic E-state index is -0.279. The molecule has 5 nitrogen and oxygen atoms in total. The molecule has 1 aromatic heterocycles. The second kappa shape index (κ2) is 5.68. The van der Waals surface area contributed by atoms with Crippen molar-refractivity contribution in [1.82, 2.24) is 9.55 Å². The lowest BCUT2D eigenvalue weighted by Gasteiger charge is -2.30. The molecule has 2 aromatic rings. The van der Waals surface area contributed by atoms with Gasteiger partial charge in [-0.05, 0) is 37.0 Å². The van der Waals surface area contributed by atoms with Gasteiger partial charge in [-0.3, -0.25) is 4.57 Å². The molecule has 0 saturated carbocycles. The van der Waals surface area contributed by atoms with Crippen molar-refractivity contribution in [3.05, 3.63) is 52.2 Å². The molecule has 1 atom stereocenters. The average Bonchev–Trinajstić information content (AvgIpc) is 2.94. The molecule has 1 saturated heterocycles. The van der Waals surface area contributed by atoms with Gasteiger partial charge in [0.1, 0.15) is 18.2 Å².